The van der Waals surface area contributed by atoms with Gasteiger partial charge in [0.2, 0.25) is 0 Å². The van der Waals surface area contributed by atoms with Crippen molar-refractivity contribution in [2.24, 2.45) is 5.41 Å². The normalized spacial score (nSPS) is 16.2. The maximum absolute atomic E-state index is 13.0. The summed E-state index contributed by atoms with van der Waals surface area (Å²) in [6, 6.07) is 0. The third kappa shape index (κ3) is 7.13. The molecule has 0 heterocycles. The predicted molar refractivity (Wildman–Crippen MR) is 67.5 cm³/mol. The lowest BCUT2D eigenvalue weighted by atomic mass is 9.94. The van der Waals surface area contributed by atoms with E-state index in [0.29, 0.717) is 13.8 Å². The largest absolute Gasteiger partial charge is 0.458 e. The fraction of sp³-hybridized carbons (Fsp3) is 0.846. The molecule has 0 aliphatic heterocycles. The fourth-order valence-corrected chi connectivity index (χ4v) is 1.39. The van der Waals surface area contributed by atoms with Crippen LogP contribution in [-0.4, -0.2) is 61.7 Å². The zero-order chi connectivity index (χ0) is 23.6. The average Bonchev–Trinajstić information content (AvgIpc) is 2.54. The number of carbonyl (C=O) groups excluding carboxylic acids is 2. The maximum atomic E-state index is 13.0. The van der Waals surface area contributed by atoms with Crippen LogP contribution in [0.1, 0.15) is 13.8 Å². The summed E-state index contributed by atoms with van der Waals surface area (Å²) in [5, 5.41) is 0. The molecule has 0 spiro atoms. The molecule has 16 heteroatoms. The lowest BCUT2D eigenvalue weighted by Crippen LogP contribution is -2.48. The first kappa shape index (κ1) is 27.1. The van der Waals surface area contributed by atoms with E-state index in [9.17, 15) is 62.3 Å². The van der Waals surface area contributed by atoms with Crippen molar-refractivity contribution in [2.75, 3.05) is 13.2 Å². The van der Waals surface area contributed by atoms with Crippen molar-refractivity contribution in [3.05, 3.63) is 0 Å². The average molecular weight is 460 g/mol. The summed E-state index contributed by atoms with van der Waals surface area (Å²) in [7, 11) is 0. The van der Waals surface area contributed by atoms with Crippen LogP contribution in [0.3, 0.4) is 0 Å². The molecule has 0 radical (unpaired) electrons. The highest BCUT2D eigenvalue weighted by molar-refractivity contribution is 5.99. The Kier molecular flexibility index (Phi) is 7.90. The van der Waals surface area contributed by atoms with E-state index < -0.39 is 67.1 Å². The van der Waals surface area contributed by atoms with Gasteiger partial charge in [-0.25, -0.2) is 8.78 Å². The molecule has 2 unspecified atom stereocenters. The Morgan fingerprint density at radius 2 is 0.897 bits per heavy atom. The molecule has 4 nitrogen and oxygen atoms in total. The predicted octanol–water partition coefficient (Wildman–Crippen LogP) is 4.17. The number of rotatable bonds is 8. The number of alkyl halides is 12. The second-order valence-corrected chi connectivity index (χ2v) is 6.11. The van der Waals surface area contributed by atoms with E-state index in [1.165, 1.54) is 0 Å². The van der Waals surface area contributed by atoms with Crippen LogP contribution < -0.4 is 0 Å². The number of carbonyl (C=O) groups is 2. The minimum Gasteiger partial charge on any atom is -0.458 e. The van der Waals surface area contributed by atoms with Gasteiger partial charge in [0.15, 0.2) is 18.6 Å². The number of ether oxygens (including phenoxy) is 2. The van der Waals surface area contributed by atoms with E-state index in [4.69, 9.17) is 0 Å². The van der Waals surface area contributed by atoms with Crippen molar-refractivity contribution in [3.63, 3.8) is 0 Å². The summed E-state index contributed by atoms with van der Waals surface area (Å²) in [5.41, 5.74) is -2.81. The van der Waals surface area contributed by atoms with Crippen molar-refractivity contribution in [1.82, 2.24) is 0 Å². The van der Waals surface area contributed by atoms with Crippen LogP contribution in [-0.2, 0) is 19.1 Å². The summed E-state index contributed by atoms with van der Waals surface area (Å²) in [6.07, 6.45) is -21.6. The SMILES string of the molecule is CC(C)(C(=O)OCC(F)(F)C(F)C(F)(F)F)C(=O)OCC(F)(F)C(F)C(F)(F)F. The van der Waals surface area contributed by atoms with E-state index >= 15 is 0 Å². The van der Waals surface area contributed by atoms with Gasteiger partial charge in [0, 0.05) is 0 Å². The number of halogens is 12. The van der Waals surface area contributed by atoms with Gasteiger partial charge < -0.3 is 9.47 Å². The number of hydrogen-bond donors (Lipinski definition) is 0. The summed E-state index contributed by atoms with van der Waals surface area (Å²) >= 11 is 0. The van der Waals surface area contributed by atoms with Gasteiger partial charge in [-0.15, -0.1) is 0 Å². The Morgan fingerprint density at radius 1 is 0.655 bits per heavy atom. The molecule has 29 heavy (non-hydrogen) atoms. The second kappa shape index (κ2) is 8.45. The van der Waals surface area contributed by atoms with Gasteiger partial charge in [-0.1, -0.05) is 0 Å². The van der Waals surface area contributed by atoms with Gasteiger partial charge in [-0.05, 0) is 13.8 Å². The molecule has 0 amide bonds. The van der Waals surface area contributed by atoms with Crippen LogP contribution in [0, 0.1) is 5.41 Å². The Bertz CT molecular complexity index is 546. The lowest BCUT2D eigenvalue weighted by molar-refractivity contribution is -0.257. The molecule has 2 atom stereocenters. The first-order valence-electron chi connectivity index (χ1n) is 7.08. The van der Waals surface area contributed by atoms with Gasteiger partial charge >= 0.3 is 36.1 Å². The smallest absolute Gasteiger partial charge is 0.425 e. The Labute approximate surface area is 154 Å². The van der Waals surface area contributed by atoms with Crippen molar-refractivity contribution >= 4 is 11.9 Å². The summed E-state index contributed by atoms with van der Waals surface area (Å²) in [6.45, 7) is -4.11. The molecule has 0 aliphatic carbocycles. The molecule has 0 aromatic heterocycles. The highest BCUT2D eigenvalue weighted by Gasteiger charge is 2.59. The van der Waals surface area contributed by atoms with Crippen LogP contribution in [0.5, 0.6) is 0 Å². The van der Waals surface area contributed by atoms with Crippen LogP contribution in [0.4, 0.5) is 52.7 Å². The van der Waals surface area contributed by atoms with Crippen molar-refractivity contribution in [3.8, 4) is 0 Å². The standard InChI is InChI=1S/C13H12F12O4/c1-9(2,7(26)28-3-10(16,17)5(14)12(20,21)22)8(27)29-4-11(18,19)6(15)13(23,24)25/h5-6H,3-4H2,1-2H3. The van der Waals surface area contributed by atoms with Crippen LogP contribution in [0.2, 0.25) is 0 Å². The molecule has 0 saturated carbocycles. The molecule has 0 aromatic carbocycles. The van der Waals surface area contributed by atoms with Gasteiger partial charge in [0.05, 0.1) is 0 Å². The van der Waals surface area contributed by atoms with Gasteiger partial charge in [0.1, 0.15) is 0 Å². The van der Waals surface area contributed by atoms with Crippen LogP contribution in [0.15, 0.2) is 0 Å². The maximum Gasteiger partial charge on any atom is 0.425 e. The van der Waals surface area contributed by atoms with Gasteiger partial charge in [0.25, 0.3) is 12.3 Å². The van der Waals surface area contributed by atoms with Crippen molar-refractivity contribution in [1.29, 1.82) is 0 Å². The lowest BCUT2D eigenvalue weighted by Gasteiger charge is -2.26. The quantitative estimate of drug-likeness (QED) is 0.310. The van der Waals surface area contributed by atoms with Gasteiger partial charge in [-0.3, -0.25) is 9.59 Å². The first-order chi connectivity index (χ1) is 12.6. The minimum absolute atomic E-state index is 0.460. The second-order valence-electron chi connectivity index (χ2n) is 6.11. The Balaban J connectivity index is 5.03. The molecular weight excluding hydrogens is 448 g/mol. The molecule has 0 rings (SSSR count). The molecule has 0 aromatic rings. The molecule has 172 valence electrons. The molecule has 0 aliphatic rings. The summed E-state index contributed by atoms with van der Waals surface area (Å²) in [5.74, 6) is -14.8. The van der Waals surface area contributed by atoms with Crippen molar-refractivity contribution in [2.45, 2.75) is 50.4 Å². The minimum atomic E-state index is -6.03. The summed E-state index contributed by atoms with van der Waals surface area (Å²) in [4.78, 5) is 23.1. The van der Waals surface area contributed by atoms with E-state index in [1.807, 2.05) is 0 Å². The third-order valence-electron chi connectivity index (χ3n) is 3.13. The molecular formula is C13H12F12O4. The highest BCUT2D eigenvalue weighted by atomic mass is 19.4. The van der Waals surface area contributed by atoms with Crippen molar-refractivity contribution < 1.29 is 71.7 Å². The first-order valence-corrected chi connectivity index (χ1v) is 7.08. The number of esters is 2. The Hall–Kier alpha value is -1.90. The zero-order valence-corrected chi connectivity index (χ0v) is 14.2. The third-order valence-corrected chi connectivity index (χ3v) is 3.13. The zero-order valence-electron chi connectivity index (χ0n) is 14.2. The highest BCUT2D eigenvalue weighted by Crippen LogP contribution is 2.37. The number of hydrogen-bond acceptors (Lipinski definition) is 4. The van der Waals surface area contributed by atoms with E-state index in [0.717, 1.165) is 0 Å². The van der Waals surface area contributed by atoms with E-state index in [-0.39, 0.29) is 0 Å². The van der Waals surface area contributed by atoms with E-state index in [2.05, 4.69) is 9.47 Å². The molecule has 0 bridgehead atoms. The van der Waals surface area contributed by atoms with E-state index in [1.54, 1.807) is 0 Å². The fourth-order valence-electron chi connectivity index (χ4n) is 1.39. The van der Waals surface area contributed by atoms with Crippen LogP contribution >= 0.6 is 0 Å². The molecule has 0 saturated heterocycles. The van der Waals surface area contributed by atoms with Gasteiger partial charge in [-0.2, -0.15) is 43.9 Å². The summed E-state index contributed by atoms with van der Waals surface area (Å²) < 4.78 is 156. The monoisotopic (exact) mass is 460 g/mol. The molecule has 0 N–H and O–H groups in total. The van der Waals surface area contributed by atoms with Crippen LogP contribution in [0.25, 0.3) is 0 Å². The molecule has 0 fully saturated rings. The topological polar surface area (TPSA) is 52.6 Å². The Morgan fingerprint density at radius 3 is 1.10 bits per heavy atom.